The number of carbonyl (C=O) groups excluding carboxylic acids is 1. The van der Waals surface area contributed by atoms with Gasteiger partial charge >= 0.3 is 0 Å². The molecular formula is C24H27N5O4. The zero-order chi connectivity index (χ0) is 23.7. The van der Waals surface area contributed by atoms with E-state index in [1.54, 1.807) is 42.9 Å². The molecule has 1 N–H and O–H groups in total. The third kappa shape index (κ3) is 4.26. The van der Waals surface area contributed by atoms with Gasteiger partial charge in [0, 0.05) is 31.8 Å². The fourth-order valence-electron chi connectivity index (χ4n) is 4.38. The molecule has 0 radical (unpaired) electrons. The molecule has 3 aromatic rings. The van der Waals surface area contributed by atoms with Crippen molar-refractivity contribution in [2.75, 3.05) is 23.3 Å². The van der Waals surface area contributed by atoms with Crippen LogP contribution < -0.4 is 15.8 Å². The van der Waals surface area contributed by atoms with Crippen molar-refractivity contribution in [3.8, 4) is 5.69 Å². The smallest absolute Gasteiger partial charge is 0.295 e. The number of nitrogens with one attached hydrogen (secondary N) is 1. The SMILES string of the molecule is Cc1c(NC(=O)c2ccc(N3CCC[C@H](C)C3)c([N+](=O)[O-])c2)c(=O)n(-c2ccccc2)n1C. The van der Waals surface area contributed by atoms with Crippen molar-refractivity contribution in [3.05, 3.63) is 80.3 Å². The molecular weight excluding hydrogens is 422 g/mol. The number of amides is 1. The van der Waals surface area contributed by atoms with Crippen LogP contribution in [0.25, 0.3) is 5.69 Å². The van der Waals surface area contributed by atoms with Gasteiger partial charge in [0.05, 0.1) is 16.3 Å². The Morgan fingerprint density at radius 1 is 1.18 bits per heavy atom. The summed E-state index contributed by atoms with van der Waals surface area (Å²) in [6.45, 7) is 5.36. The Morgan fingerprint density at radius 2 is 1.91 bits per heavy atom. The molecule has 0 bridgehead atoms. The molecule has 0 spiro atoms. The predicted molar refractivity (Wildman–Crippen MR) is 127 cm³/mol. The number of hydrogen-bond donors (Lipinski definition) is 1. The van der Waals surface area contributed by atoms with Crippen molar-refractivity contribution >= 4 is 23.0 Å². The Kier molecular flexibility index (Phi) is 6.04. The molecule has 0 saturated carbocycles. The van der Waals surface area contributed by atoms with Gasteiger partial charge in [0.15, 0.2) is 0 Å². The quantitative estimate of drug-likeness (QED) is 0.470. The lowest BCUT2D eigenvalue weighted by Gasteiger charge is -2.32. The molecule has 1 saturated heterocycles. The minimum Gasteiger partial charge on any atom is -0.366 e. The maximum absolute atomic E-state index is 13.1. The van der Waals surface area contributed by atoms with E-state index in [9.17, 15) is 19.7 Å². The van der Waals surface area contributed by atoms with Crippen LogP contribution >= 0.6 is 0 Å². The molecule has 2 heterocycles. The number of piperidine rings is 1. The first kappa shape index (κ1) is 22.3. The van der Waals surface area contributed by atoms with Crippen molar-refractivity contribution in [2.24, 2.45) is 13.0 Å². The highest BCUT2D eigenvalue weighted by Crippen LogP contribution is 2.32. The highest BCUT2D eigenvalue weighted by molar-refractivity contribution is 6.05. The van der Waals surface area contributed by atoms with Crippen molar-refractivity contribution in [1.29, 1.82) is 0 Å². The lowest BCUT2D eigenvalue weighted by Crippen LogP contribution is -2.34. The van der Waals surface area contributed by atoms with Gasteiger partial charge in [-0.2, -0.15) is 0 Å². The van der Waals surface area contributed by atoms with Crippen LogP contribution in [-0.4, -0.2) is 33.3 Å². The van der Waals surface area contributed by atoms with Crippen LogP contribution in [0.15, 0.2) is 53.3 Å². The van der Waals surface area contributed by atoms with Gasteiger partial charge in [-0.05, 0) is 49.9 Å². The maximum atomic E-state index is 13.1. The van der Waals surface area contributed by atoms with Gasteiger partial charge in [0.1, 0.15) is 11.4 Å². The monoisotopic (exact) mass is 449 g/mol. The highest BCUT2D eigenvalue weighted by atomic mass is 16.6. The van der Waals surface area contributed by atoms with Gasteiger partial charge in [-0.3, -0.25) is 24.4 Å². The average Bonchev–Trinajstić information content (AvgIpc) is 3.02. The van der Waals surface area contributed by atoms with Gasteiger partial charge < -0.3 is 10.2 Å². The molecule has 0 aliphatic carbocycles. The third-order valence-corrected chi connectivity index (χ3v) is 6.22. The topological polar surface area (TPSA) is 102 Å². The summed E-state index contributed by atoms with van der Waals surface area (Å²) in [7, 11) is 1.73. The molecule has 1 atom stereocenters. The van der Waals surface area contributed by atoms with Gasteiger partial charge in [0.2, 0.25) is 0 Å². The standard InChI is InChI=1S/C24H27N5O4/c1-16-8-7-13-27(15-16)20-12-11-18(14-21(20)29(32)33)23(30)25-22-17(2)26(3)28(24(22)31)19-9-5-4-6-10-19/h4-6,9-12,14,16H,7-8,13,15H2,1-3H3,(H,25,30)/t16-/m0/s1. The number of rotatable bonds is 5. The van der Waals surface area contributed by atoms with Crippen molar-refractivity contribution in [3.63, 3.8) is 0 Å². The molecule has 172 valence electrons. The van der Waals surface area contributed by atoms with Crippen LogP contribution in [0.5, 0.6) is 0 Å². The number of para-hydroxylation sites is 1. The number of hydrogen-bond acceptors (Lipinski definition) is 5. The van der Waals surface area contributed by atoms with Crippen molar-refractivity contribution < 1.29 is 9.72 Å². The van der Waals surface area contributed by atoms with Gasteiger partial charge in [0.25, 0.3) is 17.2 Å². The third-order valence-electron chi connectivity index (χ3n) is 6.22. The molecule has 9 heteroatoms. The lowest BCUT2D eigenvalue weighted by atomic mass is 9.99. The summed E-state index contributed by atoms with van der Waals surface area (Å²) in [6, 6.07) is 13.6. The zero-order valence-corrected chi connectivity index (χ0v) is 18.9. The van der Waals surface area contributed by atoms with E-state index in [-0.39, 0.29) is 22.5 Å². The average molecular weight is 450 g/mol. The summed E-state index contributed by atoms with van der Waals surface area (Å²) in [4.78, 5) is 39.4. The molecule has 1 aromatic heterocycles. The fraction of sp³-hybridized carbons (Fsp3) is 0.333. The number of aromatic nitrogens is 2. The van der Waals surface area contributed by atoms with E-state index >= 15 is 0 Å². The van der Waals surface area contributed by atoms with Crippen LogP contribution in [0.1, 0.15) is 35.8 Å². The normalized spacial score (nSPS) is 16.0. The Labute approximate surface area is 191 Å². The zero-order valence-electron chi connectivity index (χ0n) is 18.9. The molecule has 1 fully saturated rings. The maximum Gasteiger partial charge on any atom is 0.295 e. The van der Waals surface area contributed by atoms with Crippen molar-refractivity contribution in [2.45, 2.75) is 26.7 Å². The van der Waals surface area contributed by atoms with Gasteiger partial charge in [-0.25, -0.2) is 4.68 Å². The van der Waals surface area contributed by atoms with Crippen LogP contribution in [-0.2, 0) is 7.05 Å². The molecule has 2 aromatic carbocycles. The van der Waals surface area contributed by atoms with E-state index in [4.69, 9.17) is 0 Å². The highest BCUT2D eigenvalue weighted by Gasteiger charge is 2.26. The van der Waals surface area contributed by atoms with Crippen LogP contribution in [0, 0.1) is 23.0 Å². The Bertz CT molecular complexity index is 1260. The largest absolute Gasteiger partial charge is 0.366 e. The van der Waals surface area contributed by atoms with Crippen LogP contribution in [0.2, 0.25) is 0 Å². The molecule has 1 aliphatic rings. The second-order valence-corrected chi connectivity index (χ2v) is 8.54. The number of nitro benzene ring substituents is 1. The first-order valence-corrected chi connectivity index (χ1v) is 11.0. The second kappa shape index (κ2) is 8.93. The van der Waals surface area contributed by atoms with E-state index < -0.39 is 10.8 Å². The molecule has 9 nitrogen and oxygen atoms in total. The van der Waals surface area contributed by atoms with Gasteiger partial charge in [-0.15, -0.1) is 0 Å². The number of nitrogens with zero attached hydrogens (tertiary/aromatic N) is 4. The van der Waals surface area contributed by atoms with E-state index in [1.165, 1.54) is 10.7 Å². The minimum absolute atomic E-state index is 0.108. The second-order valence-electron chi connectivity index (χ2n) is 8.54. The first-order chi connectivity index (χ1) is 15.8. The summed E-state index contributed by atoms with van der Waals surface area (Å²) in [5.41, 5.74) is 1.55. The van der Waals surface area contributed by atoms with Crippen LogP contribution in [0.4, 0.5) is 17.1 Å². The minimum atomic E-state index is -0.567. The summed E-state index contributed by atoms with van der Waals surface area (Å²) >= 11 is 0. The van der Waals surface area contributed by atoms with E-state index in [2.05, 4.69) is 12.2 Å². The summed E-state index contributed by atoms with van der Waals surface area (Å²) in [5.74, 6) is -0.114. The number of nitro groups is 1. The fourth-order valence-corrected chi connectivity index (χ4v) is 4.38. The van der Waals surface area contributed by atoms with Crippen LogP contribution in [0.3, 0.4) is 0 Å². The summed E-state index contributed by atoms with van der Waals surface area (Å²) in [6.07, 6.45) is 2.07. The molecule has 1 aliphatic heterocycles. The van der Waals surface area contributed by atoms with E-state index in [1.807, 2.05) is 23.1 Å². The predicted octanol–water partition coefficient (Wildman–Crippen LogP) is 3.88. The number of anilines is 2. The Hall–Kier alpha value is -3.88. The molecule has 4 rings (SSSR count). The Balaban J connectivity index is 1.65. The summed E-state index contributed by atoms with van der Waals surface area (Å²) in [5, 5.41) is 14.5. The van der Waals surface area contributed by atoms with E-state index in [0.29, 0.717) is 23.0 Å². The Morgan fingerprint density at radius 3 is 2.58 bits per heavy atom. The van der Waals surface area contributed by atoms with E-state index in [0.717, 1.165) is 25.9 Å². The lowest BCUT2D eigenvalue weighted by molar-refractivity contribution is -0.384. The molecule has 33 heavy (non-hydrogen) atoms. The number of benzene rings is 2. The molecule has 1 amide bonds. The number of carbonyl (C=O) groups is 1. The van der Waals surface area contributed by atoms with Gasteiger partial charge in [-0.1, -0.05) is 25.1 Å². The molecule has 0 unspecified atom stereocenters. The first-order valence-electron chi connectivity index (χ1n) is 11.0. The summed E-state index contributed by atoms with van der Waals surface area (Å²) < 4.78 is 3.13. The van der Waals surface area contributed by atoms with Crippen molar-refractivity contribution in [1.82, 2.24) is 9.36 Å².